The van der Waals surface area contributed by atoms with Gasteiger partial charge in [-0.3, -0.25) is 25.0 Å². The molecular weight excluding hydrogens is 268 g/mol. The van der Waals surface area contributed by atoms with E-state index in [9.17, 15) is 25.0 Å². The Hall–Kier alpha value is -3.28. The van der Waals surface area contributed by atoms with E-state index in [1.807, 2.05) is 0 Å². The van der Waals surface area contributed by atoms with Crippen molar-refractivity contribution >= 4 is 22.3 Å². The molecule has 20 heavy (non-hydrogen) atoms. The largest absolute Gasteiger partial charge is 0.305 e. The van der Waals surface area contributed by atoms with Crippen molar-refractivity contribution in [2.75, 3.05) is 0 Å². The van der Waals surface area contributed by atoms with Gasteiger partial charge in [0.25, 0.3) is 11.2 Å². The molecule has 0 fully saturated rings. The fourth-order valence-electron chi connectivity index (χ4n) is 1.91. The second-order valence-corrected chi connectivity index (χ2v) is 3.94. The first-order chi connectivity index (χ1) is 9.36. The van der Waals surface area contributed by atoms with Crippen molar-refractivity contribution in [2.24, 2.45) is 7.05 Å². The zero-order valence-electron chi connectivity index (χ0n) is 10.1. The van der Waals surface area contributed by atoms with E-state index < -0.39 is 26.8 Å². The number of fused-ring (bicyclic) bond motifs is 1. The van der Waals surface area contributed by atoms with Crippen LogP contribution in [0.1, 0.15) is 5.56 Å². The molecule has 0 atom stereocenters. The lowest BCUT2D eigenvalue weighted by atomic mass is 10.1. The summed E-state index contributed by atoms with van der Waals surface area (Å²) in [6.07, 6.45) is 0. The lowest BCUT2D eigenvalue weighted by Crippen LogP contribution is -2.17. The van der Waals surface area contributed by atoms with E-state index >= 15 is 0 Å². The topological polar surface area (TPSA) is 132 Å². The van der Waals surface area contributed by atoms with Gasteiger partial charge in [-0.2, -0.15) is 5.26 Å². The summed E-state index contributed by atoms with van der Waals surface area (Å²) in [6, 6.07) is 4.50. The lowest BCUT2D eigenvalue weighted by Gasteiger charge is -2.06. The van der Waals surface area contributed by atoms with Gasteiger partial charge in [0.1, 0.15) is 11.6 Å². The van der Waals surface area contributed by atoms with Gasteiger partial charge in [0.05, 0.1) is 21.5 Å². The van der Waals surface area contributed by atoms with Crippen molar-refractivity contribution in [3.63, 3.8) is 0 Å². The predicted octanol–water partition coefficient (Wildman–Crippen LogP) is 1.23. The third-order valence-corrected chi connectivity index (χ3v) is 2.83. The predicted molar refractivity (Wildman–Crippen MR) is 67.2 cm³/mol. The molecule has 9 heteroatoms. The lowest BCUT2D eigenvalue weighted by molar-refractivity contribution is -0.393. The number of non-ortho nitro benzene ring substituents is 2. The maximum Gasteiger partial charge on any atom is 0.300 e. The molecule has 1 heterocycles. The molecule has 0 amide bonds. The molecule has 1 aromatic heterocycles. The summed E-state index contributed by atoms with van der Waals surface area (Å²) in [7, 11) is 1.30. The van der Waals surface area contributed by atoms with Crippen LogP contribution >= 0.6 is 0 Å². The molecule has 9 nitrogen and oxygen atoms in total. The van der Waals surface area contributed by atoms with Crippen LogP contribution in [-0.2, 0) is 7.05 Å². The zero-order valence-corrected chi connectivity index (χ0v) is 10.1. The molecule has 100 valence electrons. The standard InChI is InChI=1S/C11H6N4O5/c1-13-10(16)2-6(5-12)8-3-7(14(17)18)4-9(11(8)13)15(19)20/h2-4H,1H3. The van der Waals surface area contributed by atoms with Crippen molar-refractivity contribution in [1.29, 1.82) is 5.26 Å². The summed E-state index contributed by atoms with van der Waals surface area (Å²) in [5, 5.41) is 30.8. The molecule has 0 aliphatic carbocycles. The first-order valence-corrected chi connectivity index (χ1v) is 5.23. The molecule has 0 saturated carbocycles. The van der Waals surface area contributed by atoms with Gasteiger partial charge >= 0.3 is 5.69 Å². The number of nitrogens with zero attached hydrogens (tertiary/aromatic N) is 4. The third kappa shape index (κ3) is 1.85. The van der Waals surface area contributed by atoms with Gasteiger partial charge in [-0.05, 0) is 0 Å². The number of nitriles is 1. The first-order valence-electron chi connectivity index (χ1n) is 5.23. The molecule has 2 rings (SSSR count). The van der Waals surface area contributed by atoms with Crippen molar-refractivity contribution in [2.45, 2.75) is 0 Å². The third-order valence-electron chi connectivity index (χ3n) is 2.83. The number of aryl methyl sites for hydroxylation is 1. The van der Waals surface area contributed by atoms with Gasteiger partial charge in [0.2, 0.25) is 0 Å². The Morgan fingerprint density at radius 3 is 2.35 bits per heavy atom. The molecule has 0 bridgehead atoms. The molecule has 0 saturated heterocycles. The van der Waals surface area contributed by atoms with E-state index in [1.54, 1.807) is 6.07 Å². The molecule has 0 spiro atoms. The zero-order chi connectivity index (χ0) is 15.0. The molecule has 0 aliphatic rings. The molecule has 1 aromatic carbocycles. The van der Waals surface area contributed by atoms with E-state index in [4.69, 9.17) is 5.26 Å². The molecular formula is C11H6N4O5. The SMILES string of the molecule is Cn1c(=O)cc(C#N)c2cc([N+](=O)[O-])cc([N+](=O)[O-])c21. The molecule has 0 unspecified atom stereocenters. The van der Waals surface area contributed by atoms with Gasteiger partial charge in [0, 0.05) is 24.6 Å². The second-order valence-electron chi connectivity index (χ2n) is 3.94. The van der Waals surface area contributed by atoms with E-state index in [0.717, 1.165) is 22.8 Å². The number of benzene rings is 1. The molecule has 0 radical (unpaired) electrons. The van der Waals surface area contributed by atoms with E-state index in [0.29, 0.717) is 0 Å². The highest BCUT2D eigenvalue weighted by molar-refractivity contribution is 5.93. The monoisotopic (exact) mass is 274 g/mol. The first kappa shape index (κ1) is 13.2. The van der Waals surface area contributed by atoms with E-state index in [2.05, 4.69) is 0 Å². The normalized spacial score (nSPS) is 10.2. The van der Waals surface area contributed by atoms with Crippen LogP contribution in [0.25, 0.3) is 10.9 Å². The summed E-state index contributed by atoms with van der Waals surface area (Å²) in [5.41, 5.74) is -1.98. The Balaban J connectivity index is 3.13. The van der Waals surface area contributed by atoms with Crippen molar-refractivity contribution in [1.82, 2.24) is 4.57 Å². The number of aromatic nitrogens is 1. The van der Waals surface area contributed by atoms with Crippen LogP contribution in [0.15, 0.2) is 23.0 Å². The van der Waals surface area contributed by atoms with Crippen LogP contribution in [-0.4, -0.2) is 14.4 Å². The number of nitro groups is 2. The van der Waals surface area contributed by atoms with E-state index in [1.165, 1.54) is 7.05 Å². The van der Waals surface area contributed by atoms with Crippen molar-refractivity contribution in [3.05, 3.63) is 54.3 Å². The summed E-state index contributed by atoms with van der Waals surface area (Å²) in [5.74, 6) is 0. The number of pyridine rings is 1. The second kappa shape index (κ2) is 4.43. The maximum absolute atomic E-state index is 11.7. The van der Waals surface area contributed by atoms with Gasteiger partial charge in [-0.25, -0.2) is 0 Å². The Kier molecular flexibility index (Phi) is 2.92. The highest BCUT2D eigenvalue weighted by Gasteiger charge is 2.23. The quantitative estimate of drug-likeness (QED) is 0.597. The smallest absolute Gasteiger partial charge is 0.300 e. The van der Waals surface area contributed by atoms with Crippen molar-refractivity contribution < 1.29 is 9.85 Å². The minimum atomic E-state index is -0.823. The average Bonchev–Trinajstić information content (AvgIpc) is 2.41. The minimum absolute atomic E-state index is 0.00417. The maximum atomic E-state index is 11.7. The van der Waals surface area contributed by atoms with Gasteiger partial charge < -0.3 is 4.57 Å². The number of nitro benzene ring substituents is 2. The molecule has 0 aliphatic heterocycles. The van der Waals surface area contributed by atoms with Crippen LogP contribution in [0, 0.1) is 31.6 Å². The minimum Gasteiger partial charge on any atom is -0.305 e. The Morgan fingerprint density at radius 2 is 1.85 bits per heavy atom. The highest BCUT2D eigenvalue weighted by atomic mass is 16.6. The summed E-state index contributed by atoms with van der Waals surface area (Å²) in [6.45, 7) is 0. The summed E-state index contributed by atoms with van der Waals surface area (Å²) < 4.78 is 0.984. The van der Waals surface area contributed by atoms with Gasteiger partial charge in [0.15, 0.2) is 0 Å². The molecule has 2 aromatic rings. The van der Waals surface area contributed by atoms with E-state index in [-0.39, 0.29) is 16.5 Å². The number of hydrogen-bond donors (Lipinski definition) is 0. The van der Waals surface area contributed by atoms with Crippen molar-refractivity contribution in [3.8, 4) is 6.07 Å². The van der Waals surface area contributed by atoms with Gasteiger partial charge in [-0.15, -0.1) is 0 Å². The Bertz CT molecular complexity index is 862. The summed E-state index contributed by atoms with van der Waals surface area (Å²) >= 11 is 0. The average molecular weight is 274 g/mol. The van der Waals surface area contributed by atoms with Crippen LogP contribution < -0.4 is 5.56 Å². The fraction of sp³-hybridized carbons (Fsp3) is 0.0909. The van der Waals surface area contributed by atoms with Crippen LogP contribution in [0.2, 0.25) is 0 Å². The summed E-state index contributed by atoms with van der Waals surface area (Å²) in [4.78, 5) is 31.9. The molecule has 0 N–H and O–H groups in total. The highest BCUT2D eigenvalue weighted by Crippen LogP contribution is 2.31. The number of hydrogen-bond acceptors (Lipinski definition) is 6. The Labute approximate surface area is 110 Å². The van der Waals surface area contributed by atoms with Crippen LogP contribution in [0.3, 0.4) is 0 Å². The van der Waals surface area contributed by atoms with Gasteiger partial charge in [-0.1, -0.05) is 0 Å². The van der Waals surface area contributed by atoms with Crippen LogP contribution in [0.5, 0.6) is 0 Å². The Morgan fingerprint density at radius 1 is 1.20 bits per heavy atom. The van der Waals surface area contributed by atoms with Crippen LogP contribution in [0.4, 0.5) is 11.4 Å². The fourth-order valence-corrected chi connectivity index (χ4v) is 1.91. The number of rotatable bonds is 2.